The maximum Gasteiger partial charge on any atom is 0.517 e. The number of hydroxylamine groups is 3. The van der Waals surface area contributed by atoms with Gasteiger partial charge in [-0.3, -0.25) is 0 Å². The molecular formula is C19H33NO5Si. The fourth-order valence-electron chi connectivity index (χ4n) is 3.98. The summed E-state index contributed by atoms with van der Waals surface area (Å²) in [6, 6.07) is 5.66. The zero-order valence-corrected chi connectivity index (χ0v) is 18.1. The SMILES string of the molecule is CC[Si](CC)(CC)OC1(C)C[N+]([O-])(C(=O)OC(C)(C)C)C1c1ccco1. The van der Waals surface area contributed by atoms with Crippen molar-refractivity contribution in [2.45, 2.75) is 83.8 Å². The quantitative estimate of drug-likeness (QED) is 0.375. The van der Waals surface area contributed by atoms with E-state index in [4.69, 9.17) is 13.6 Å². The van der Waals surface area contributed by atoms with Gasteiger partial charge in [0, 0.05) is 0 Å². The van der Waals surface area contributed by atoms with Crippen molar-refractivity contribution in [3.05, 3.63) is 29.4 Å². The lowest BCUT2D eigenvalue weighted by Crippen LogP contribution is -2.76. The van der Waals surface area contributed by atoms with Crippen molar-refractivity contribution >= 4 is 14.4 Å². The van der Waals surface area contributed by atoms with E-state index in [1.54, 1.807) is 32.9 Å². The first-order valence-electron chi connectivity index (χ1n) is 9.51. The molecule has 1 aliphatic heterocycles. The summed E-state index contributed by atoms with van der Waals surface area (Å²) in [5.41, 5.74) is -1.45. The van der Waals surface area contributed by atoms with Gasteiger partial charge in [-0.05, 0) is 58.0 Å². The van der Waals surface area contributed by atoms with Crippen LogP contribution in [0.15, 0.2) is 22.8 Å². The van der Waals surface area contributed by atoms with Crippen LogP contribution in [-0.4, -0.2) is 36.8 Å². The van der Waals surface area contributed by atoms with Crippen molar-refractivity contribution in [1.29, 1.82) is 0 Å². The van der Waals surface area contributed by atoms with Gasteiger partial charge in [0.2, 0.25) is 0 Å². The van der Waals surface area contributed by atoms with Crippen LogP contribution in [0.1, 0.15) is 60.3 Å². The molecule has 0 N–H and O–H groups in total. The molecule has 1 aromatic rings. The molecule has 2 heterocycles. The Labute approximate surface area is 157 Å². The Balaban J connectivity index is 2.37. The van der Waals surface area contributed by atoms with Crippen LogP contribution in [0.4, 0.5) is 4.79 Å². The highest BCUT2D eigenvalue weighted by atomic mass is 28.4. The summed E-state index contributed by atoms with van der Waals surface area (Å²) in [6.07, 6.45) is 0.745. The van der Waals surface area contributed by atoms with Gasteiger partial charge in [-0.2, -0.15) is 4.79 Å². The minimum atomic E-state index is -1.96. The molecule has 3 unspecified atom stereocenters. The summed E-state index contributed by atoms with van der Waals surface area (Å²) in [6.45, 7) is 13.7. The Hall–Kier alpha value is -1.15. The molecule has 148 valence electrons. The lowest BCUT2D eigenvalue weighted by molar-refractivity contribution is -0.910. The number of amides is 1. The molecule has 26 heavy (non-hydrogen) atoms. The van der Waals surface area contributed by atoms with Gasteiger partial charge in [0.25, 0.3) is 0 Å². The molecule has 3 atom stereocenters. The van der Waals surface area contributed by atoms with Gasteiger partial charge in [0.15, 0.2) is 25.7 Å². The number of hydrogen-bond acceptors (Lipinski definition) is 5. The number of rotatable bonds is 6. The first-order chi connectivity index (χ1) is 12.0. The van der Waals surface area contributed by atoms with E-state index in [2.05, 4.69) is 20.8 Å². The third-order valence-corrected chi connectivity index (χ3v) is 10.2. The molecule has 0 spiro atoms. The molecule has 0 aliphatic carbocycles. The number of carbonyl (C=O) groups excluding carboxylic acids is 1. The smallest absolute Gasteiger partial charge is 0.517 e. The fraction of sp³-hybridized carbons (Fsp3) is 0.737. The standard InChI is InChI=1S/C19H33NO5Si/c1-8-26(9-2,10-3)25-19(7)14-20(22,17(21)24-18(4,5)6)16(19)15-12-11-13-23-15/h11-13,16H,8-10,14H2,1-7H3. The molecule has 6 nitrogen and oxygen atoms in total. The predicted octanol–water partition coefficient (Wildman–Crippen LogP) is 5.36. The van der Waals surface area contributed by atoms with Crippen LogP contribution >= 0.6 is 0 Å². The number of carbonyl (C=O) groups is 1. The molecule has 0 bridgehead atoms. The molecule has 1 saturated heterocycles. The van der Waals surface area contributed by atoms with E-state index in [0.717, 1.165) is 18.1 Å². The first kappa shape index (κ1) is 21.2. The van der Waals surface area contributed by atoms with Crippen LogP contribution in [0.25, 0.3) is 0 Å². The number of quaternary nitrogens is 1. The highest BCUT2D eigenvalue weighted by molar-refractivity contribution is 6.73. The Morgan fingerprint density at radius 3 is 2.35 bits per heavy atom. The highest BCUT2D eigenvalue weighted by Crippen LogP contribution is 2.53. The predicted molar refractivity (Wildman–Crippen MR) is 103 cm³/mol. The van der Waals surface area contributed by atoms with Crippen LogP contribution < -0.4 is 0 Å². The van der Waals surface area contributed by atoms with Gasteiger partial charge in [-0.25, -0.2) is 4.65 Å². The van der Waals surface area contributed by atoms with Crippen LogP contribution in [0, 0.1) is 5.21 Å². The monoisotopic (exact) mass is 383 g/mol. The minimum Gasteiger partial charge on any atom is -0.622 e. The molecule has 0 aromatic carbocycles. The highest BCUT2D eigenvalue weighted by Gasteiger charge is 2.67. The normalized spacial score (nSPS) is 29.3. The number of furan rings is 1. The van der Waals surface area contributed by atoms with E-state index in [-0.39, 0.29) is 6.54 Å². The second kappa shape index (κ2) is 7.11. The zero-order chi connectivity index (χ0) is 19.8. The molecule has 1 fully saturated rings. The van der Waals surface area contributed by atoms with Crippen molar-refractivity contribution in [3.8, 4) is 0 Å². The number of ether oxygens (including phenoxy) is 1. The van der Waals surface area contributed by atoms with Gasteiger partial charge in [-0.1, -0.05) is 20.8 Å². The summed E-state index contributed by atoms with van der Waals surface area (Å²) in [7, 11) is -1.96. The second-order valence-electron chi connectivity index (χ2n) is 8.51. The average Bonchev–Trinajstić information content (AvgIpc) is 3.03. The maximum absolute atomic E-state index is 13.5. The van der Waals surface area contributed by atoms with E-state index in [9.17, 15) is 10.0 Å². The molecule has 1 aromatic heterocycles. The summed E-state index contributed by atoms with van der Waals surface area (Å²) in [5.74, 6) is 0.478. The second-order valence-corrected chi connectivity index (χ2v) is 13.2. The van der Waals surface area contributed by atoms with E-state index in [0.29, 0.717) is 5.76 Å². The maximum atomic E-state index is 13.5. The Morgan fingerprint density at radius 1 is 1.35 bits per heavy atom. The molecule has 1 aliphatic rings. The van der Waals surface area contributed by atoms with Crippen molar-refractivity contribution in [3.63, 3.8) is 0 Å². The Bertz CT molecular complexity index is 614. The lowest BCUT2D eigenvalue weighted by Gasteiger charge is -2.62. The van der Waals surface area contributed by atoms with Gasteiger partial charge in [0.05, 0.1) is 6.26 Å². The van der Waals surface area contributed by atoms with Crippen LogP contribution in [0.5, 0.6) is 0 Å². The lowest BCUT2D eigenvalue weighted by atomic mass is 9.83. The third kappa shape index (κ3) is 3.76. The van der Waals surface area contributed by atoms with Crippen molar-refractivity contribution in [2.75, 3.05) is 6.54 Å². The zero-order valence-electron chi connectivity index (χ0n) is 17.1. The number of hydrogen-bond donors (Lipinski definition) is 0. The van der Waals surface area contributed by atoms with Crippen molar-refractivity contribution in [1.82, 2.24) is 0 Å². The number of nitrogens with zero attached hydrogens (tertiary/aromatic N) is 1. The molecular weight excluding hydrogens is 350 g/mol. The molecule has 2 rings (SSSR count). The van der Waals surface area contributed by atoms with E-state index < -0.39 is 36.3 Å². The Kier molecular flexibility index (Phi) is 5.78. The van der Waals surface area contributed by atoms with Crippen molar-refractivity contribution < 1.29 is 23.0 Å². The molecule has 0 radical (unpaired) electrons. The molecule has 7 heteroatoms. The van der Waals surface area contributed by atoms with Crippen LogP contribution in [0.2, 0.25) is 18.1 Å². The van der Waals surface area contributed by atoms with Gasteiger partial charge in [0.1, 0.15) is 12.1 Å². The van der Waals surface area contributed by atoms with Crippen LogP contribution in [-0.2, 0) is 9.16 Å². The Morgan fingerprint density at radius 2 is 1.92 bits per heavy atom. The molecule has 0 saturated carbocycles. The molecule has 1 amide bonds. The van der Waals surface area contributed by atoms with Gasteiger partial charge in [-0.15, -0.1) is 0 Å². The summed E-state index contributed by atoms with van der Waals surface area (Å²) in [4.78, 5) is 12.7. The van der Waals surface area contributed by atoms with E-state index in [1.165, 1.54) is 6.26 Å². The number of likely N-dealkylation sites (tertiary alicyclic amines) is 1. The summed E-state index contributed by atoms with van der Waals surface area (Å²) >= 11 is 0. The fourth-order valence-corrected chi connectivity index (χ4v) is 7.08. The minimum absolute atomic E-state index is 0.0437. The summed E-state index contributed by atoms with van der Waals surface area (Å²) in [5, 5.41) is 13.5. The first-order valence-corrected chi connectivity index (χ1v) is 12.0. The third-order valence-electron chi connectivity index (χ3n) is 5.44. The summed E-state index contributed by atoms with van der Waals surface area (Å²) < 4.78 is 16.5. The van der Waals surface area contributed by atoms with E-state index >= 15 is 0 Å². The largest absolute Gasteiger partial charge is 0.622 e. The van der Waals surface area contributed by atoms with Gasteiger partial charge < -0.3 is 18.8 Å². The van der Waals surface area contributed by atoms with Crippen LogP contribution in [0.3, 0.4) is 0 Å². The topological polar surface area (TPSA) is 71.7 Å². The van der Waals surface area contributed by atoms with E-state index in [1.807, 2.05) is 6.92 Å². The van der Waals surface area contributed by atoms with Crippen molar-refractivity contribution in [2.24, 2.45) is 0 Å². The average molecular weight is 384 g/mol. The van der Waals surface area contributed by atoms with Gasteiger partial charge >= 0.3 is 6.09 Å².